The third kappa shape index (κ3) is 5.17. The van der Waals surface area contributed by atoms with Crippen LogP contribution in [0.1, 0.15) is 37.9 Å². The molecule has 0 bridgehead atoms. The Hall–Kier alpha value is -2.12. The quantitative estimate of drug-likeness (QED) is 0.628. The molecule has 1 aromatic carbocycles. The Labute approximate surface area is 152 Å². The third-order valence-electron chi connectivity index (χ3n) is 4.05. The summed E-state index contributed by atoms with van der Waals surface area (Å²) >= 11 is 1.40. The average Bonchev–Trinajstić information content (AvgIpc) is 3.08. The van der Waals surface area contributed by atoms with Crippen molar-refractivity contribution in [1.82, 2.24) is 10.3 Å². The summed E-state index contributed by atoms with van der Waals surface area (Å²) in [5.74, 6) is 0.818. The number of unbranched alkanes of at least 4 members (excludes halogenated alkanes) is 1. The number of benzene rings is 1. The molecule has 0 saturated carbocycles. The van der Waals surface area contributed by atoms with Gasteiger partial charge in [0, 0.05) is 23.9 Å². The molecule has 3 N–H and O–H groups in total. The maximum atomic E-state index is 11.8. The van der Waals surface area contributed by atoms with Gasteiger partial charge in [-0.3, -0.25) is 5.32 Å². The van der Waals surface area contributed by atoms with Gasteiger partial charge in [-0.2, -0.15) is 0 Å². The second-order valence-corrected chi connectivity index (χ2v) is 7.06. The molecule has 0 saturated heterocycles. The smallest absolute Gasteiger partial charge is 0.321 e. The van der Waals surface area contributed by atoms with Crippen LogP contribution in [0, 0.1) is 0 Å². The number of aliphatic hydroxyl groups is 1. The molecule has 0 spiro atoms. The molecular weight excluding hydrogens is 338 g/mol. The van der Waals surface area contributed by atoms with Gasteiger partial charge in [-0.1, -0.05) is 26.0 Å². The highest BCUT2D eigenvalue weighted by Gasteiger charge is 2.26. The minimum absolute atomic E-state index is 0.138. The lowest BCUT2D eigenvalue weighted by Crippen LogP contribution is -2.29. The molecule has 1 heterocycles. The van der Waals surface area contributed by atoms with Gasteiger partial charge in [0.2, 0.25) is 0 Å². The average molecular weight is 363 g/mol. The van der Waals surface area contributed by atoms with Crippen molar-refractivity contribution in [2.75, 3.05) is 25.6 Å². The van der Waals surface area contributed by atoms with E-state index in [1.54, 1.807) is 7.11 Å². The Morgan fingerprint density at radius 2 is 2.00 bits per heavy atom. The highest BCUT2D eigenvalue weighted by atomic mass is 32.1. The van der Waals surface area contributed by atoms with Gasteiger partial charge in [0.05, 0.1) is 12.8 Å². The lowest BCUT2D eigenvalue weighted by Gasteiger charge is -2.23. The topological polar surface area (TPSA) is 83.5 Å². The van der Waals surface area contributed by atoms with Crippen molar-refractivity contribution < 1.29 is 14.6 Å². The van der Waals surface area contributed by atoms with Crippen molar-refractivity contribution in [2.24, 2.45) is 0 Å². The molecule has 2 amide bonds. The number of hydrogen-bond donors (Lipinski definition) is 3. The van der Waals surface area contributed by atoms with Gasteiger partial charge in [-0.15, -0.1) is 11.3 Å². The number of ether oxygens (including phenoxy) is 1. The normalized spacial score (nSPS) is 11.2. The predicted molar refractivity (Wildman–Crippen MR) is 101 cm³/mol. The summed E-state index contributed by atoms with van der Waals surface area (Å²) in [5, 5.41) is 16.8. The van der Waals surface area contributed by atoms with Gasteiger partial charge >= 0.3 is 6.03 Å². The number of aliphatic hydroxyl groups excluding tert-OH is 1. The lowest BCUT2D eigenvalue weighted by molar-refractivity contribution is 0.250. The summed E-state index contributed by atoms with van der Waals surface area (Å²) in [6.45, 7) is 4.87. The molecular formula is C18H25N3O3S. The largest absolute Gasteiger partial charge is 0.497 e. The number of nitrogens with one attached hydrogen (secondary N) is 2. The van der Waals surface area contributed by atoms with Crippen molar-refractivity contribution in [2.45, 2.75) is 32.1 Å². The fraction of sp³-hybridized carbons (Fsp3) is 0.444. The highest BCUT2D eigenvalue weighted by Crippen LogP contribution is 2.34. The number of carbonyl (C=O) groups is 1. The van der Waals surface area contributed by atoms with Crippen LogP contribution < -0.4 is 15.4 Å². The van der Waals surface area contributed by atoms with Gasteiger partial charge < -0.3 is 15.2 Å². The Morgan fingerprint density at radius 1 is 1.28 bits per heavy atom. The van der Waals surface area contributed by atoms with E-state index in [9.17, 15) is 4.79 Å². The van der Waals surface area contributed by atoms with Crippen LogP contribution in [-0.2, 0) is 5.41 Å². The molecule has 0 radical (unpaired) electrons. The van der Waals surface area contributed by atoms with Crippen molar-refractivity contribution in [3.8, 4) is 5.75 Å². The van der Waals surface area contributed by atoms with E-state index in [0.29, 0.717) is 18.1 Å². The number of aromatic nitrogens is 1. The second-order valence-electron chi connectivity index (χ2n) is 6.20. The first kappa shape index (κ1) is 19.2. The van der Waals surface area contributed by atoms with Gasteiger partial charge in [0.15, 0.2) is 5.13 Å². The number of methoxy groups -OCH3 is 1. The van der Waals surface area contributed by atoms with Crippen LogP contribution in [-0.4, -0.2) is 36.4 Å². The minimum atomic E-state index is -0.277. The van der Waals surface area contributed by atoms with E-state index in [2.05, 4.69) is 29.5 Å². The van der Waals surface area contributed by atoms with Crippen LogP contribution in [0.4, 0.5) is 9.93 Å². The van der Waals surface area contributed by atoms with Crippen LogP contribution in [0.5, 0.6) is 5.75 Å². The van der Waals surface area contributed by atoms with Crippen LogP contribution in [0.15, 0.2) is 29.6 Å². The van der Waals surface area contributed by atoms with Crippen LogP contribution in [0.3, 0.4) is 0 Å². The Morgan fingerprint density at radius 3 is 2.64 bits per heavy atom. The van der Waals surface area contributed by atoms with E-state index in [1.165, 1.54) is 11.3 Å². The molecule has 136 valence electrons. The monoisotopic (exact) mass is 363 g/mol. The summed E-state index contributed by atoms with van der Waals surface area (Å²) in [6, 6.07) is 7.64. The van der Waals surface area contributed by atoms with Crippen molar-refractivity contribution in [3.63, 3.8) is 0 Å². The number of anilines is 1. The molecule has 0 atom stereocenters. The molecule has 7 heteroatoms. The van der Waals surface area contributed by atoms with E-state index >= 15 is 0 Å². The second kappa shape index (κ2) is 8.82. The van der Waals surface area contributed by atoms with Crippen molar-refractivity contribution >= 4 is 22.5 Å². The first-order chi connectivity index (χ1) is 12.0. The SMILES string of the molecule is COc1ccc(C(C)(C)c2csc(NC(=O)NCCCCO)n2)cc1. The van der Waals surface area contributed by atoms with Crippen molar-refractivity contribution in [3.05, 3.63) is 40.9 Å². The number of urea groups is 1. The number of hydrogen-bond acceptors (Lipinski definition) is 5. The first-order valence-electron chi connectivity index (χ1n) is 8.23. The van der Waals surface area contributed by atoms with Crippen LogP contribution >= 0.6 is 11.3 Å². The van der Waals surface area contributed by atoms with Gasteiger partial charge in [-0.25, -0.2) is 9.78 Å². The summed E-state index contributed by atoms with van der Waals surface area (Å²) in [6.07, 6.45) is 1.43. The van der Waals surface area contributed by atoms with Crippen LogP contribution in [0.2, 0.25) is 0 Å². The number of carbonyl (C=O) groups excluding carboxylic acids is 1. The standard InChI is InChI=1S/C18H25N3O3S/c1-18(2,13-6-8-14(24-3)9-7-13)15-12-25-17(20-15)21-16(23)19-10-4-5-11-22/h6-9,12,22H,4-5,10-11H2,1-3H3,(H2,19,20,21,23). The highest BCUT2D eigenvalue weighted by molar-refractivity contribution is 7.13. The first-order valence-corrected chi connectivity index (χ1v) is 9.11. The number of thiazole rings is 1. The van der Waals surface area contributed by atoms with Crippen LogP contribution in [0.25, 0.3) is 0 Å². The van der Waals surface area contributed by atoms with Crippen molar-refractivity contribution in [1.29, 1.82) is 0 Å². The Balaban J connectivity index is 1.99. The number of amides is 2. The van der Waals surface area contributed by atoms with E-state index in [-0.39, 0.29) is 18.1 Å². The zero-order valence-electron chi connectivity index (χ0n) is 14.8. The minimum Gasteiger partial charge on any atom is -0.497 e. The van der Waals surface area contributed by atoms with Gasteiger partial charge in [0.25, 0.3) is 0 Å². The maximum absolute atomic E-state index is 11.8. The molecule has 6 nitrogen and oxygen atoms in total. The Bertz CT molecular complexity index is 683. The fourth-order valence-electron chi connectivity index (χ4n) is 2.35. The fourth-order valence-corrected chi connectivity index (χ4v) is 3.23. The predicted octanol–water partition coefficient (Wildman–Crippen LogP) is 3.37. The summed E-state index contributed by atoms with van der Waals surface area (Å²) in [7, 11) is 1.65. The molecule has 0 fully saturated rings. The molecule has 2 aromatic rings. The summed E-state index contributed by atoms with van der Waals surface area (Å²) in [5.41, 5.74) is 1.75. The molecule has 2 rings (SSSR count). The number of nitrogens with zero attached hydrogens (tertiary/aromatic N) is 1. The van der Waals surface area contributed by atoms with E-state index < -0.39 is 0 Å². The maximum Gasteiger partial charge on any atom is 0.321 e. The van der Waals surface area contributed by atoms with E-state index in [0.717, 1.165) is 23.4 Å². The number of rotatable bonds is 8. The molecule has 0 aliphatic heterocycles. The summed E-state index contributed by atoms with van der Waals surface area (Å²) < 4.78 is 5.20. The zero-order chi connectivity index (χ0) is 18.3. The van der Waals surface area contributed by atoms with E-state index in [1.807, 2.05) is 29.6 Å². The molecule has 25 heavy (non-hydrogen) atoms. The lowest BCUT2D eigenvalue weighted by atomic mass is 9.82. The third-order valence-corrected chi connectivity index (χ3v) is 4.80. The summed E-state index contributed by atoms with van der Waals surface area (Å²) in [4.78, 5) is 16.4. The molecule has 0 unspecified atom stereocenters. The van der Waals surface area contributed by atoms with Gasteiger partial charge in [-0.05, 0) is 30.5 Å². The zero-order valence-corrected chi connectivity index (χ0v) is 15.7. The van der Waals surface area contributed by atoms with E-state index in [4.69, 9.17) is 9.84 Å². The Kier molecular flexibility index (Phi) is 6.78. The molecule has 0 aliphatic carbocycles. The molecule has 0 aliphatic rings. The van der Waals surface area contributed by atoms with Gasteiger partial charge in [0.1, 0.15) is 5.75 Å². The molecule has 1 aromatic heterocycles.